The van der Waals surface area contributed by atoms with Gasteiger partial charge in [0, 0.05) is 38.4 Å². The topological polar surface area (TPSA) is 6.48 Å². The van der Waals surface area contributed by atoms with E-state index in [1.807, 2.05) is 4.90 Å². The van der Waals surface area contributed by atoms with Crippen LogP contribution in [-0.2, 0) is 12.7 Å². The van der Waals surface area contributed by atoms with Crippen LogP contribution in [0.2, 0.25) is 0 Å². The van der Waals surface area contributed by atoms with Crippen LogP contribution in [0.1, 0.15) is 16.7 Å². The van der Waals surface area contributed by atoms with E-state index in [4.69, 9.17) is 0 Å². The number of anilines is 1. The molecule has 0 amide bonds. The molecular formula is C19H21F3N2. The second-order valence-corrected chi connectivity index (χ2v) is 6.30. The number of aryl methyl sites for hydroxylation is 1. The second kappa shape index (κ2) is 6.85. The summed E-state index contributed by atoms with van der Waals surface area (Å²) in [4.78, 5) is 4.38. The average Bonchev–Trinajstić information content (AvgIpc) is 2.55. The molecule has 0 saturated carbocycles. The zero-order valence-corrected chi connectivity index (χ0v) is 13.7. The van der Waals surface area contributed by atoms with E-state index in [-0.39, 0.29) is 0 Å². The van der Waals surface area contributed by atoms with Crippen LogP contribution in [0.3, 0.4) is 0 Å². The minimum Gasteiger partial charge on any atom is -0.369 e. The SMILES string of the molecule is Cc1cccc(CN2CCN(c3cccc(C(F)(F)F)c3)CC2)c1. The fraction of sp³-hybridized carbons (Fsp3) is 0.368. The zero-order chi connectivity index (χ0) is 17.2. The lowest BCUT2D eigenvalue weighted by molar-refractivity contribution is -0.137. The molecule has 24 heavy (non-hydrogen) atoms. The first-order chi connectivity index (χ1) is 11.4. The largest absolute Gasteiger partial charge is 0.416 e. The van der Waals surface area contributed by atoms with Gasteiger partial charge in [0.2, 0.25) is 0 Å². The van der Waals surface area contributed by atoms with Crippen LogP contribution < -0.4 is 4.90 Å². The maximum atomic E-state index is 12.8. The molecule has 0 N–H and O–H groups in total. The Kier molecular flexibility index (Phi) is 4.81. The van der Waals surface area contributed by atoms with Crippen LogP contribution in [0.5, 0.6) is 0 Å². The minimum absolute atomic E-state index is 0.581. The molecule has 1 aliphatic heterocycles. The van der Waals surface area contributed by atoms with Crippen molar-refractivity contribution in [1.82, 2.24) is 4.90 Å². The van der Waals surface area contributed by atoms with Crippen molar-refractivity contribution in [2.24, 2.45) is 0 Å². The van der Waals surface area contributed by atoms with Crippen LogP contribution in [-0.4, -0.2) is 31.1 Å². The Bertz CT molecular complexity index is 689. The van der Waals surface area contributed by atoms with Crippen molar-refractivity contribution in [2.45, 2.75) is 19.6 Å². The van der Waals surface area contributed by atoms with Crippen molar-refractivity contribution in [2.75, 3.05) is 31.1 Å². The van der Waals surface area contributed by atoms with E-state index in [0.29, 0.717) is 5.69 Å². The van der Waals surface area contributed by atoms with E-state index in [1.54, 1.807) is 6.07 Å². The molecule has 2 aromatic rings. The normalized spacial score (nSPS) is 16.4. The van der Waals surface area contributed by atoms with Gasteiger partial charge < -0.3 is 4.90 Å². The lowest BCUT2D eigenvalue weighted by atomic mass is 10.1. The Hall–Kier alpha value is -2.01. The number of hydrogen-bond donors (Lipinski definition) is 0. The molecule has 1 saturated heterocycles. The summed E-state index contributed by atoms with van der Waals surface area (Å²) in [6.07, 6.45) is -4.29. The summed E-state index contributed by atoms with van der Waals surface area (Å²) < 4.78 is 38.5. The molecule has 2 nitrogen and oxygen atoms in total. The maximum Gasteiger partial charge on any atom is 0.416 e. The van der Waals surface area contributed by atoms with Crippen molar-refractivity contribution < 1.29 is 13.2 Å². The third kappa shape index (κ3) is 4.09. The summed E-state index contributed by atoms with van der Waals surface area (Å²) in [6, 6.07) is 14.0. The van der Waals surface area contributed by atoms with Gasteiger partial charge >= 0.3 is 6.18 Å². The molecule has 1 fully saturated rings. The molecule has 0 atom stereocenters. The van der Waals surface area contributed by atoms with Crippen LogP contribution in [0.25, 0.3) is 0 Å². The fourth-order valence-electron chi connectivity index (χ4n) is 3.11. The Balaban J connectivity index is 1.61. The zero-order valence-electron chi connectivity index (χ0n) is 13.7. The monoisotopic (exact) mass is 334 g/mol. The number of benzene rings is 2. The maximum absolute atomic E-state index is 12.8. The Morgan fingerprint density at radius 3 is 2.29 bits per heavy atom. The van der Waals surface area contributed by atoms with Crippen molar-refractivity contribution >= 4 is 5.69 Å². The smallest absolute Gasteiger partial charge is 0.369 e. The Morgan fingerprint density at radius 2 is 1.62 bits per heavy atom. The molecule has 5 heteroatoms. The van der Waals surface area contributed by atoms with Gasteiger partial charge in [-0.1, -0.05) is 35.9 Å². The Labute approximate surface area is 140 Å². The average molecular weight is 334 g/mol. The van der Waals surface area contributed by atoms with Crippen molar-refractivity contribution in [3.05, 3.63) is 65.2 Å². The first kappa shape index (κ1) is 16.8. The van der Waals surface area contributed by atoms with Gasteiger partial charge in [-0.15, -0.1) is 0 Å². The predicted molar refractivity (Wildman–Crippen MR) is 90.1 cm³/mol. The number of rotatable bonds is 3. The Morgan fingerprint density at radius 1 is 0.917 bits per heavy atom. The van der Waals surface area contributed by atoms with Crippen LogP contribution in [0, 0.1) is 6.92 Å². The summed E-state index contributed by atoms with van der Waals surface area (Å²) in [7, 11) is 0. The fourth-order valence-corrected chi connectivity index (χ4v) is 3.11. The van der Waals surface area contributed by atoms with Crippen LogP contribution >= 0.6 is 0 Å². The minimum atomic E-state index is -4.29. The summed E-state index contributed by atoms with van der Waals surface area (Å²) >= 11 is 0. The van der Waals surface area contributed by atoms with Gasteiger partial charge in [-0.2, -0.15) is 13.2 Å². The van der Waals surface area contributed by atoms with E-state index in [1.165, 1.54) is 23.3 Å². The van der Waals surface area contributed by atoms with E-state index >= 15 is 0 Å². The first-order valence-corrected chi connectivity index (χ1v) is 8.12. The molecule has 0 spiro atoms. The molecule has 0 unspecified atom stereocenters. The number of nitrogens with zero attached hydrogens (tertiary/aromatic N) is 2. The molecule has 1 heterocycles. The van der Waals surface area contributed by atoms with Gasteiger partial charge in [-0.05, 0) is 30.7 Å². The predicted octanol–water partition coefficient (Wildman–Crippen LogP) is 4.34. The molecule has 128 valence electrons. The summed E-state index contributed by atoms with van der Waals surface area (Å²) in [5.41, 5.74) is 2.60. The van der Waals surface area contributed by atoms with Gasteiger partial charge in [0.15, 0.2) is 0 Å². The second-order valence-electron chi connectivity index (χ2n) is 6.30. The molecule has 0 radical (unpaired) electrons. The third-order valence-electron chi connectivity index (χ3n) is 4.40. The summed E-state index contributed by atoms with van der Waals surface area (Å²) in [6.45, 7) is 6.15. The van der Waals surface area contributed by atoms with Crippen LogP contribution in [0.4, 0.5) is 18.9 Å². The summed E-state index contributed by atoms with van der Waals surface area (Å²) in [5, 5.41) is 0. The number of alkyl halides is 3. The number of halogens is 3. The lowest BCUT2D eigenvalue weighted by Gasteiger charge is -2.36. The van der Waals surface area contributed by atoms with E-state index < -0.39 is 11.7 Å². The molecular weight excluding hydrogens is 313 g/mol. The lowest BCUT2D eigenvalue weighted by Crippen LogP contribution is -2.46. The molecule has 1 aliphatic rings. The van der Waals surface area contributed by atoms with Gasteiger partial charge in [-0.3, -0.25) is 4.90 Å². The molecule has 0 aliphatic carbocycles. The van der Waals surface area contributed by atoms with Gasteiger partial charge in [0.05, 0.1) is 5.56 Å². The van der Waals surface area contributed by atoms with Gasteiger partial charge in [-0.25, -0.2) is 0 Å². The van der Waals surface area contributed by atoms with E-state index in [2.05, 4.69) is 36.1 Å². The highest BCUT2D eigenvalue weighted by Gasteiger charge is 2.31. The number of hydrogen-bond acceptors (Lipinski definition) is 2. The van der Waals surface area contributed by atoms with E-state index in [0.717, 1.165) is 38.8 Å². The highest BCUT2D eigenvalue weighted by Crippen LogP contribution is 2.31. The van der Waals surface area contributed by atoms with Gasteiger partial charge in [0.1, 0.15) is 0 Å². The van der Waals surface area contributed by atoms with Crippen molar-refractivity contribution in [3.8, 4) is 0 Å². The standard InChI is InChI=1S/C19H21F3N2/c1-15-4-2-5-16(12-15)14-23-8-10-24(11-9-23)18-7-3-6-17(13-18)19(20,21)22/h2-7,12-13H,8-11,14H2,1H3. The first-order valence-electron chi connectivity index (χ1n) is 8.12. The van der Waals surface area contributed by atoms with Crippen molar-refractivity contribution in [3.63, 3.8) is 0 Å². The quantitative estimate of drug-likeness (QED) is 0.824. The van der Waals surface area contributed by atoms with Gasteiger partial charge in [0.25, 0.3) is 0 Å². The molecule has 3 rings (SSSR count). The highest BCUT2D eigenvalue weighted by molar-refractivity contribution is 5.49. The molecule has 0 bridgehead atoms. The molecule has 0 aromatic heterocycles. The highest BCUT2D eigenvalue weighted by atomic mass is 19.4. The summed E-state index contributed by atoms with van der Waals surface area (Å²) in [5.74, 6) is 0. The number of piperazine rings is 1. The van der Waals surface area contributed by atoms with Crippen molar-refractivity contribution in [1.29, 1.82) is 0 Å². The molecule has 2 aromatic carbocycles. The van der Waals surface area contributed by atoms with Crippen LogP contribution in [0.15, 0.2) is 48.5 Å². The van der Waals surface area contributed by atoms with E-state index in [9.17, 15) is 13.2 Å². The third-order valence-corrected chi connectivity index (χ3v) is 4.40.